The number of ether oxygens (including phenoxy) is 1. The van der Waals surface area contributed by atoms with Gasteiger partial charge in [0, 0.05) is 49.6 Å². The number of H-pyrrole nitrogens is 1. The summed E-state index contributed by atoms with van der Waals surface area (Å²) < 4.78 is 5.40. The normalized spacial score (nSPS) is 18.7. The van der Waals surface area contributed by atoms with E-state index in [2.05, 4.69) is 20.1 Å². The Morgan fingerprint density at radius 1 is 1.12 bits per heavy atom. The van der Waals surface area contributed by atoms with Gasteiger partial charge in [-0.1, -0.05) is 12.1 Å². The van der Waals surface area contributed by atoms with Gasteiger partial charge in [0.2, 0.25) is 5.95 Å². The van der Waals surface area contributed by atoms with Crippen LogP contribution in [0.1, 0.15) is 47.7 Å². The zero-order valence-corrected chi connectivity index (χ0v) is 18.3. The minimum absolute atomic E-state index is 0.00608. The fourth-order valence-corrected chi connectivity index (χ4v) is 4.77. The Kier molecular flexibility index (Phi) is 5.75. The SMILES string of the molecule is COc1ccccc1C(=O)N1CCCC(c2[nH]ncc2-c2ccnc(N3CCCC3)n2)C1. The number of piperidine rings is 1. The fourth-order valence-electron chi connectivity index (χ4n) is 4.77. The number of amides is 1. The molecule has 2 aliphatic heterocycles. The lowest BCUT2D eigenvalue weighted by Gasteiger charge is -2.33. The third kappa shape index (κ3) is 3.92. The van der Waals surface area contributed by atoms with E-state index < -0.39 is 0 Å². The van der Waals surface area contributed by atoms with E-state index in [1.54, 1.807) is 7.11 Å². The molecule has 4 heterocycles. The van der Waals surface area contributed by atoms with Crippen molar-refractivity contribution >= 4 is 11.9 Å². The number of methoxy groups -OCH3 is 1. The predicted octanol–water partition coefficient (Wildman–Crippen LogP) is 3.50. The van der Waals surface area contributed by atoms with Gasteiger partial charge in [0.25, 0.3) is 5.91 Å². The van der Waals surface area contributed by atoms with Gasteiger partial charge in [0.1, 0.15) is 5.75 Å². The van der Waals surface area contributed by atoms with Gasteiger partial charge in [-0.2, -0.15) is 5.10 Å². The van der Waals surface area contributed by atoms with Crippen LogP contribution in [0.15, 0.2) is 42.7 Å². The van der Waals surface area contributed by atoms with Gasteiger partial charge >= 0.3 is 0 Å². The molecule has 2 aliphatic rings. The zero-order valence-electron chi connectivity index (χ0n) is 18.3. The van der Waals surface area contributed by atoms with Gasteiger partial charge in [-0.15, -0.1) is 0 Å². The summed E-state index contributed by atoms with van der Waals surface area (Å²) in [6, 6.07) is 9.34. The number of nitrogens with one attached hydrogen (secondary N) is 1. The topological polar surface area (TPSA) is 87.2 Å². The number of likely N-dealkylation sites (tertiary alicyclic amines) is 1. The van der Waals surface area contributed by atoms with Crippen LogP contribution in [0, 0.1) is 0 Å². The molecule has 2 aromatic heterocycles. The van der Waals surface area contributed by atoms with Crippen molar-refractivity contribution in [3.8, 4) is 17.0 Å². The number of carbonyl (C=O) groups is 1. The monoisotopic (exact) mass is 432 g/mol. The minimum atomic E-state index is 0.00608. The van der Waals surface area contributed by atoms with Crippen LogP contribution in [0.2, 0.25) is 0 Å². The number of rotatable bonds is 5. The zero-order chi connectivity index (χ0) is 21.9. The summed E-state index contributed by atoms with van der Waals surface area (Å²) in [6.45, 7) is 3.38. The molecule has 1 aromatic carbocycles. The average Bonchev–Trinajstić information content (AvgIpc) is 3.56. The summed E-state index contributed by atoms with van der Waals surface area (Å²) in [6.07, 6.45) is 7.96. The van der Waals surface area contributed by atoms with Gasteiger partial charge in [0.05, 0.1) is 24.6 Å². The molecule has 1 atom stereocenters. The highest BCUT2D eigenvalue weighted by molar-refractivity contribution is 5.97. The highest BCUT2D eigenvalue weighted by Crippen LogP contribution is 2.34. The van der Waals surface area contributed by atoms with Crippen molar-refractivity contribution in [1.29, 1.82) is 0 Å². The molecule has 0 bridgehead atoms. The Bertz CT molecular complexity index is 1090. The number of para-hydroxylation sites is 1. The molecule has 0 spiro atoms. The molecule has 8 nitrogen and oxygen atoms in total. The van der Waals surface area contributed by atoms with Crippen LogP contribution >= 0.6 is 0 Å². The van der Waals surface area contributed by atoms with E-state index in [0.717, 1.165) is 55.4 Å². The van der Waals surface area contributed by atoms with Gasteiger partial charge in [-0.3, -0.25) is 9.89 Å². The third-order valence-electron chi connectivity index (χ3n) is 6.43. The Morgan fingerprint density at radius 3 is 2.81 bits per heavy atom. The second-order valence-electron chi connectivity index (χ2n) is 8.42. The first-order valence-electron chi connectivity index (χ1n) is 11.3. The molecule has 2 fully saturated rings. The van der Waals surface area contributed by atoms with E-state index in [9.17, 15) is 4.79 Å². The average molecular weight is 433 g/mol. The molecular formula is C24H28N6O2. The van der Waals surface area contributed by atoms with Crippen molar-refractivity contribution in [2.75, 3.05) is 38.2 Å². The molecule has 166 valence electrons. The largest absolute Gasteiger partial charge is 0.496 e. The van der Waals surface area contributed by atoms with Crippen LogP contribution in [-0.4, -0.2) is 64.3 Å². The van der Waals surface area contributed by atoms with E-state index in [1.165, 1.54) is 12.8 Å². The fraction of sp³-hybridized carbons (Fsp3) is 0.417. The van der Waals surface area contributed by atoms with E-state index in [-0.39, 0.29) is 11.8 Å². The third-order valence-corrected chi connectivity index (χ3v) is 6.43. The lowest BCUT2D eigenvalue weighted by molar-refractivity contribution is 0.0702. The first-order valence-corrected chi connectivity index (χ1v) is 11.3. The van der Waals surface area contributed by atoms with Gasteiger partial charge in [-0.25, -0.2) is 9.97 Å². The molecule has 32 heavy (non-hydrogen) atoms. The van der Waals surface area contributed by atoms with Crippen LogP contribution < -0.4 is 9.64 Å². The first kappa shape index (κ1) is 20.5. The Labute approximate surface area is 187 Å². The van der Waals surface area contributed by atoms with Crippen molar-refractivity contribution in [3.05, 3.63) is 54.0 Å². The number of carbonyl (C=O) groups excluding carboxylic acids is 1. The minimum Gasteiger partial charge on any atom is -0.496 e. The van der Waals surface area contributed by atoms with Crippen molar-refractivity contribution in [1.82, 2.24) is 25.1 Å². The second kappa shape index (κ2) is 8.98. The number of hydrogen-bond acceptors (Lipinski definition) is 6. The maximum Gasteiger partial charge on any atom is 0.257 e. The van der Waals surface area contributed by atoms with Crippen LogP contribution in [0.5, 0.6) is 5.75 Å². The molecule has 3 aromatic rings. The number of aromatic amines is 1. The molecule has 1 amide bonds. The maximum absolute atomic E-state index is 13.2. The quantitative estimate of drug-likeness (QED) is 0.664. The summed E-state index contributed by atoms with van der Waals surface area (Å²) in [7, 11) is 1.60. The van der Waals surface area contributed by atoms with Crippen LogP contribution in [0.25, 0.3) is 11.3 Å². The number of aromatic nitrogens is 4. The molecule has 1 unspecified atom stereocenters. The maximum atomic E-state index is 13.2. The number of hydrogen-bond donors (Lipinski definition) is 1. The lowest BCUT2D eigenvalue weighted by Crippen LogP contribution is -2.39. The van der Waals surface area contributed by atoms with Crippen LogP contribution in [0.3, 0.4) is 0 Å². The molecular weight excluding hydrogens is 404 g/mol. The molecule has 0 saturated carbocycles. The van der Waals surface area contributed by atoms with Crippen molar-refractivity contribution in [2.45, 2.75) is 31.6 Å². The van der Waals surface area contributed by atoms with E-state index >= 15 is 0 Å². The number of benzene rings is 1. The molecule has 0 radical (unpaired) electrons. The number of nitrogens with zero attached hydrogens (tertiary/aromatic N) is 5. The summed E-state index contributed by atoms with van der Waals surface area (Å²) in [5.74, 6) is 1.57. The first-order chi connectivity index (χ1) is 15.7. The van der Waals surface area contributed by atoms with Gasteiger partial charge < -0.3 is 14.5 Å². The molecule has 0 aliphatic carbocycles. The Morgan fingerprint density at radius 2 is 1.97 bits per heavy atom. The molecule has 1 N–H and O–H groups in total. The van der Waals surface area contributed by atoms with Crippen LogP contribution in [-0.2, 0) is 0 Å². The van der Waals surface area contributed by atoms with Gasteiger partial charge in [0.15, 0.2) is 0 Å². The van der Waals surface area contributed by atoms with Crippen molar-refractivity contribution in [2.24, 2.45) is 0 Å². The Hall–Kier alpha value is -3.42. The molecule has 8 heteroatoms. The summed E-state index contributed by atoms with van der Waals surface area (Å²) >= 11 is 0. The standard InChI is InChI=1S/C24H28N6O2/c1-32-21-9-3-2-8-18(21)23(31)30-14-6-7-17(16-30)22-19(15-26-28-22)20-10-11-25-24(27-20)29-12-4-5-13-29/h2-3,8-11,15,17H,4-7,12-14,16H2,1H3,(H,26,28). The van der Waals surface area contributed by atoms with E-state index in [0.29, 0.717) is 17.9 Å². The highest BCUT2D eigenvalue weighted by Gasteiger charge is 2.29. The van der Waals surface area contributed by atoms with Gasteiger partial charge in [-0.05, 0) is 43.9 Å². The highest BCUT2D eigenvalue weighted by atomic mass is 16.5. The van der Waals surface area contributed by atoms with E-state index in [1.807, 2.05) is 47.6 Å². The van der Waals surface area contributed by atoms with Crippen LogP contribution in [0.4, 0.5) is 5.95 Å². The Balaban J connectivity index is 1.38. The van der Waals surface area contributed by atoms with Crippen molar-refractivity contribution < 1.29 is 9.53 Å². The summed E-state index contributed by atoms with van der Waals surface area (Å²) in [5, 5.41) is 7.53. The predicted molar refractivity (Wildman–Crippen MR) is 122 cm³/mol. The van der Waals surface area contributed by atoms with Crippen molar-refractivity contribution in [3.63, 3.8) is 0 Å². The lowest BCUT2D eigenvalue weighted by atomic mass is 9.91. The summed E-state index contributed by atoms with van der Waals surface area (Å²) in [5.41, 5.74) is 3.50. The number of anilines is 1. The molecule has 5 rings (SSSR count). The van der Waals surface area contributed by atoms with E-state index in [4.69, 9.17) is 9.72 Å². The molecule has 2 saturated heterocycles. The second-order valence-corrected chi connectivity index (χ2v) is 8.42. The smallest absolute Gasteiger partial charge is 0.257 e. The summed E-state index contributed by atoms with van der Waals surface area (Å²) in [4.78, 5) is 26.7.